The highest BCUT2D eigenvalue weighted by Gasteiger charge is 2.40. The maximum Gasteiger partial charge on any atom is 0.410 e. The molecule has 0 bridgehead atoms. The third kappa shape index (κ3) is 6.06. The fourth-order valence-corrected chi connectivity index (χ4v) is 6.05. The van der Waals surface area contributed by atoms with Gasteiger partial charge in [-0.15, -0.1) is 0 Å². The zero-order valence-corrected chi connectivity index (χ0v) is 24.0. The minimum absolute atomic E-state index is 0.0260. The molecule has 0 radical (unpaired) electrons. The minimum atomic E-state index is -0.533. The van der Waals surface area contributed by atoms with Gasteiger partial charge in [-0.2, -0.15) is 0 Å². The second-order valence-corrected chi connectivity index (χ2v) is 12.2. The molecule has 2 aliphatic heterocycles. The molecule has 4 heterocycles. The molecule has 0 aliphatic carbocycles. The number of ether oxygens (including phenoxy) is 3. The van der Waals surface area contributed by atoms with Gasteiger partial charge in [-0.25, -0.2) is 9.78 Å². The molecule has 0 saturated carbocycles. The molecule has 2 unspecified atom stereocenters. The van der Waals surface area contributed by atoms with Crippen molar-refractivity contribution in [3.05, 3.63) is 36.4 Å². The van der Waals surface area contributed by atoms with Crippen LogP contribution in [0.1, 0.15) is 27.2 Å². The van der Waals surface area contributed by atoms with E-state index < -0.39 is 5.60 Å². The summed E-state index contributed by atoms with van der Waals surface area (Å²) in [5, 5.41) is 3.83. The van der Waals surface area contributed by atoms with E-state index in [4.69, 9.17) is 19.2 Å². The lowest BCUT2D eigenvalue weighted by molar-refractivity contribution is -0.127. The maximum absolute atomic E-state index is 12.5. The average Bonchev–Trinajstić information content (AvgIpc) is 3.52. The first kappa shape index (κ1) is 27.1. The molecule has 208 valence electrons. The Hall–Kier alpha value is -3.53. The first-order valence-electron chi connectivity index (χ1n) is 13.3. The number of carbonyl (C=O) groups excluding carboxylic acids is 2. The van der Waals surface area contributed by atoms with E-state index in [9.17, 15) is 9.59 Å². The standard InChI is InChI=1S/C29H36N4O5S/c1-29(2,3)38-28(35)32(4)12-13-37-20-8-6-18(7-9-20)22-14-24(26-23(31-22)15-25(36-5)39-26)33-16-19-10-11-30-27(34)21(19)17-33/h6-9,14-15,19,21H,10-13,16-17H2,1-5H3,(H,30,34). The predicted molar refractivity (Wildman–Crippen MR) is 153 cm³/mol. The topological polar surface area (TPSA) is 93.2 Å². The van der Waals surface area contributed by atoms with Gasteiger partial charge in [-0.3, -0.25) is 4.79 Å². The van der Waals surface area contributed by atoms with Gasteiger partial charge in [-0.05, 0) is 63.4 Å². The Balaban J connectivity index is 1.31. The van der Waals surface area contributed by atoms with E-state index in [1.165, 1.54) is 4.90 Å². The first-order chi connectivity index (χ1) is 18.6. The van der Waals surface area contributed by atoms with Crippen molar-refractivity contribution in [2.45, 2.75) is 32.8 Å². The molecule has 1 N–H and O–H groups in total. The summed E-state index contributed by atoms with van der Waals surface area (Å²) in [5.41, 5.74) is 3.27. The lowest BCUT2D eigenvalue weighted by Crippen LogP contribution is -2.41. The number of rotatable bonds is 7. The van der Waals surface area contributed by atoms with Gasteiger partial charge in [0, 0.05) is 38.3 Å². The Labute approximate surface area is 233 Å². The fraction of sp³-hybridized carbons (Fsp3) is 0.483. The summed E-state index contributed by atoms with van der Waals surface area (Å²) in [5.74, 6) is 1.27. The molecule has 2 fully saturated rings. The number of methoxy groups -OCH3 is 1. The van der Waals surface area contributed by atoms with Crippen LogP contribution in [0.2, 0.25) is 0 Å². The Morgan fingerprint density at radius 3 is 2.67 bits per heavy atom. The Kier molecular flexibility index (Phi) is 7.57. The number of amides is 2. The van der Waals surface area contributed by atoms with Crippen LogP contribution in [0.5, 0.6) is 10.8 Å². The highest BCUT2D eigenvalue weighted by atomic mass is 32.1. The van der Waals surface area contributed by atoms with Crippen LogP contribution in [0.3, 0.4) is 0 Å². The molecule has 2 aliphatic rings. The molecule has 9 nitrogen and oxygen atoms in total. The number of piperidine rings is 1. The monoisotopic (exact) mass is 552 g/mol. The van der Waals surface area contributed by atoms with Crippen molar-refractivity contribution in [2.75, 3.05) is 51.8 Å². The molecule has 39 heavy (non-hydrogen) atoms. The van der Waals surface area contributed by atoms with Gasteiger partial charge >= 0.3 is 6.09 Å². The summed E-state index contributed by atoms with van der Waals surface area (Å²) >= 11 is 1.58. The molecular formula is C29H36N4O5S. The molecule has 1 aromatic carbocycles. The Morgan fingerprint density at radius 2 is 1.97 bits per heavy atom. The molecule has 3 aromatic rings. The average molecular weight is 553 g/mol. The lowest BCUT2D eigenvalue weighted by Gasteiger charge is -2.24. The van der Waals surface area contributed by atoms with Crippen molar-refractivity contribution in [2.24, 2.45) is 11.8 Å². The van der Waals surface area contributed by atoms with E-state index in [1.54, 1.807) is 25.5 Å². The van der Waals surface area contributed by atoms with Crippen LogP contribution < -0.4 is 19.7 Å². The van der Waals surface area contributed by atoms with Crippen LogP contribution >= 0.6 is 11.3 Å². The van der Waals surface area contributed by atoms with Crippen molar-refractivity contribution in [1.82, 2.24) is 15.2 Å². The van der Waals surface area contributed by atoms with Gasteiger partial charge in [0.1, 0.15) is 18.0 Å². The van der Waals surface area contributed by atoms with Crippen LogP contribution in [0, 0.1) is 11.8 Å². The zero-order valence-electron chi connectivity index (χ0n) is 23.2. The Morgan fingerprint density at radius 1 is 1.21 bits per heavy atom. The van der Waals surface area contributed by atoms with E-state index in [0.29, 0.717) is 31.4 Å². The number of thiophene rings is 1. The number of nitrogens with one attached hydrogen (secondary N) is 1. The molecular weight excluding hydrogens is 516 g/mol. The zero-order chi connectivity index (χ0) is 27.7. The SMILES string of the molecule is COc1cc2nc(-c3ccc(OCCN(C)C(=O)OC(C)(C)C)cc3)cc(N3CC4CCNC(=O)C4C3)c2s1. The molecule has 5 rings (SSSR count). The number of carbonyl (C=O) groups is 2. The number of hydrogen-bond donors (Lipinski definition) is 1. The molecule has 2 aromatic heterocycles. The van der Waals surface area contributed by atoms with Crippen molar-refractivity contribution in [3.63, 3.8) is 0 Å². The van der Waals surface area contributed by atoms with Crippen molar-refractivity contribution in [1.29, 1.82) is 0 Å². The number of hydrogen-bond acceptors (Lipinski definition) is 8. The van der Waals surface area contributed by atoms with Crippen molar-refractivity contribution < 1.29 is 23.8 Å². The molecule has 0 spiro atoms. The van der Waals surface area contributed by atoms with E-state index in [0.717, 1.165) is 51.7 Å². The fourth-order valence-electron chi connectivity index (χ4n) is 5.09. The third-order valence-corrected chi connectivity index (χ3v) is 8.23. The second kappa shape index (κ2) is 10.9. The van der Waals surface area contributed by atoms with Gasteiger partial charge in [0.15, 0.2) is 5.06 Å². The first-order valence-corrected chi connectivity index (χ1v) is 14.1. The van der Waals surface area contributed by atoms with E-state index in [1.807, 2.05) is 51.1 Å². The van der Waals surface area contributed by atoms with Gasteiger partial charge in [0.2, 0.25) is 5.91 Å². The van der Waals surface area contributed by atoms with Gasteiger partial charge < -0.3 is 29.3 Å². The summed E-state index contributed by atoms with van der Waals surface area (Å²) in [6.07, 6.45) is 0.637. The van der Waals surface area contributed by atoms with E-state index in [-0.39, 0.29) is 17.9 Å². The number of anilines is 1. The summed E-state index contributed by atoms with van der Waals surface area (Å²) in [6, 6.07) is 11.9. The van der Waals surface area contributed by atoms with E-state index >= 15 is 0 Å². The molecule has 2 amide bonds. The number of pyridine rings is 1. The quantitative estimate of drug-likeness (QED) is 0.451. The number of aromatic nitrogens is 1. The van der Waals surface area contributed by atoms with Crippen LogP contribution in [-0.2, 0) is 9.53 Å². The predicted octanol–water partition coefficient (Wildman–Crippen LogP) is 4.79. The molecule has 2 saturated heterocycles. The number of fused-ring (bicyclic) bond motifs is 2. The van der Waals surface area contributed by atoms with Crippen LogP contribution in [0.4, 0.5) is 10.5 Å². The van der Waals surface area contributed by atoms with Crippen LogP contribution in [0.25, 0.3) is 21.5 Å². The van der Waals surface area contributed by atoms with Crippen molar-refractivity contribution >= 4 is 39.2 Å². The van der Waals surface area contributed by atoms with E-state index in [2.05, 4.69) is 16.3 Å². The largest absolute Gasteiger partial charge is 0.492 e. The second-order valence-electron chi connectivity index (χ2n) is 11.1. The minimum Gasteiger partial charge on any atom is -0.492 e. The van der Waals surface area contributed by atoms with Gasteiger partial charge in [0.25, 0.3) is 0 Å². The number of likely N-dealkylation sites (N-methyl/N-ethyl adjacent to an activating group) is 1. The van der Waals surface area contributed by atoms with Crippen LogP contribution in [-0.4, -0.2) is 74.4 Å². The summed E-state index contributed by atoms with van der Waals surface area (Å²) in [7, 11) is 3.37. The highest BCUT2D eigenvalue weighted by Crippen LogP contribution is 2.42. The third-order valence-electron chi connectivity index (χ3n) is 7.12. The summed E-state index contributed by atoms with van der Waals surface area (Å²) < 4.78 is 17.9. The molecule has 10 heteroatoms. The highest BCUT2D eigenvalue weighted by molar-refractivity contribution is 7.21. The normalized spacial score (nSPS) is 19.0. The smallest absolute Gasteiger partial charge is 0.410 e. The van der Waals surface area contributed by atoms with Gasteiger partial charge in [-0.1, -0.05) is 11.3 Å². The maximum atomic E-state index is 12.5. The Bertz CT molecular complexity index is 1350. The van der Waals surface area contributed by atoms with Crippen molar-refractivity contribution in [3.8, 4) is 22.1 Å². The molecule has 2 atom stereocenters. The lowest BCUT2D eigenvalue weighted by atomic mass is 9.89. The van der Waals surface area contributed by atoms with Gasteiger partial charge in [0.05, 0.1) is 41.2 Å². The number of benzene rings is 1. The summed E-state index contributed by atoms with van der Waals surface area (Å²) in [4.78, 5) is 33.4. The number of nitrogens with zero attached hydrogens (tertiary/aromatic N) is 3. The summed E-state index contributed by atoms with van der Waals surface area (Å²) in [6.45, 7) is 8.62. The van der Waals surface area contributed by atoms with Crippen LogP contribution in [0.15, 0.2) is 36.4 Å².